The van der Waals surface area contributed by atoms with Gasteiger partial charge in [0.15, 0.2) is 11.5 Å². The first-order chi connectivity index (χ1) is 19.9. The average molecular weight is 562 g/mol. The van der Waals surface area contributed by atoms with E-state index in [-0.39, 0.29) is 11.8 Å². The fraction of sp³-hybridized carbons (Fsp3) is 0.394. The first-order valence-corrected chi connectivity index (χ1v) is 14.2. The van der Waals surface area contributed by atoms with Gasteiger partial charge in [-0.3, -0.25) is 9.59 Å². The number of carbonyl (C=O) groups excluding carboxylic acids is 2. The van der Waals surface area contributed by atoms with E-state index >= 15 is 0 Å². The van der Waals surface area contributed by atoms with Crippen molar-refractivity contribution < 1.29 is 23.8 Å². The molecule has 0 heterocycles. The number of aryl methyl sites for hydroxylation is 1. The Morgan fingerprint density at radius 2 is 1.39 bits per heavy atom. The van der Waals surface area contributed by atoms with E-state index in [1.807, 2.05) is 54.6 Å². The van der Waals surface area contributed by atoms with Crippen LogP contribution in [0.2, 0.25) is 0 Å². The lowest BCUT2D eigenvalue weighted by molar-refractivity contribution is -0.123. The summed E-state index contributed by atoms with van der Waals surface area (Å²) < 4.78 is 16.6. The molecule has 3 aromatic carbocycles. The Kier molecular flexibility index (Phi) is 12.8. The molecule has 0 saturated carbocycles. The molecule has 0 radical (unpaired) electrons. The van der Waals surface area contributed by atoms with Crippen LogP contribution in [0, 0.1) is 0 Å². The summed E-state index contributed by atoms with van der Waals surface area (Å²) in [6, 6.07) is 19.6. The molecule has 3 aromatic rings. The molecule has 0 fully saturated rings. The third kappa shape index (κ3) is 10.4. The van der Waals surface area contributed by atoms with Crippen molar-refractivity contribution in [3.63, 3.8) is 0 Å². The molecule has 2 amide bonds. The minimum atomic E-state index is -0.00725. The molecule has 4 N–H and O–H groups in total. The molecule has 0 unspecified atom stereocenters. The van der Waals surface area contributed by atoms with Crippen LogP contribution >= 0.6 is 0 Å². The van der Waals surface area contributed by atoms with Gasteiger partial charge in [-0.25, -0.2) is 0 Å². The number of ether oxygens (including phenoxy) is 3. The van der Waals surface area contributed by atoms with Crippen LogP contribution < -0.4 is 30.6 Å². The fourth-order valence-corrected chi connectivity index (χ4v) is 4.75. The minimum absolute atomic E-state index is 0.00725. The van der Waals surface area contributed by atoms with Gasteiger partial charge in [0.1, 0.15) is 5.75 Å². The largest absolute Gasteiger partial charge is 0.497 e. The van der Waals surface area contributed by atoms with Crippen LogP contribution in [0.5, 0.6) is 17.2 Å². The standard InChI is InChI=1S/C33H43N3O5/c1-39-28-8-6-7-25(23-28)13-17-29-26(14-18-30(40-2)33(29)41-3)20-22-36-32(38)10-5-4-9-31(37)35-21-19-24-11-15-27(34)16-12-24/h6-8,11-12,14-16,18,23H,4-5,9-10,13,17,19-22,34H2,1-3H3,(H,35,37)(H,36,38). The van der Waals surface area contributed by atoms with E-state index in [2.05, 4.69) is 16.7 Å². The summed E-state index contributed by atoms with van der Waals surface area (Å²) in [5.74, 6) is 2.25. The van der Waals surface area contributed by atoms with Crippen LogP contribution in [0.4, 0.5) is 5.69 Å². The van der Waals surface area contributed by atoms with Gasteiger partial charge in [0.2, 0.25) is 11.8 Å². The fourth-order valence-electron chi connectivity index (χ4n) is 4.75. The highest BCUT2D eigenvalue weighted by Crippen LogP contribution is 2.34. The van der Waals surface area contributed by atoms with E-state index in [4.69, 9.17) is 19.9 Å². The molecule has 0 aromatic heterocycles. The molecule has 0 atom stereocenters. The van der Waals surface area contributed by atoms with E-state index < -0.39 is 0 Å². The first kappa shape index (κ1) is 31.3. The Labute approximate surface area is 243 Å². The number of amides is 2. The number of methoxy groups -OCH3 is 3. The number of hydrogen-bond acceptors (Lipinski definition) is 6. The topological polar surface area (TPSA) is 112 Å². The Balaban J connectivity index is 1.41. The highest BCUT2D eigenvalue weighted by molar-refractivity contribution is 5.77. The maximum atomic E-state index is 12.4. The van der Waals surface area contributed by atoms with Gasteiger partial charge in [0.05, 0.1) is 21.3 Å². The lowest BCUT2D eigenvalue weighted by Gasteiger charge is -2.17. The third-order valence-corrected chi connectivity index (χ3v) is 7.03. The number of unbranched alkanes of at least 4 members (excludes halogenated alkanes) is 1. The number of benzene rings is 3. The molecule has 0 aliphatic heterocycles. The van der Waals surface area contributed by atoms with Gasteiger partial charge >= 0.3 is 0 Å². The SMILES string of the molecule is COc1cccc(CCc2c(CCNC(=O)CCCCC(=O)NCCc3ccc(N)cc3)ccc(OC)c2OC)c1. The zero-order valence-electron chi connectivity index (χ0n) is 24.5. The Morgan fingerprint density at radius 3 is 2.02 bits per heavy atom. The van der Waals surface area contributed by atoms with Gasteiger partial charge in [-0.2, -0.15) is 0 Å². The van der Waals surface area contributed by atoms with Crippen molar-refractivity contribution >= 4 is 17.5 Å². The van der Waals surface area contributed by atoms with Crippen LogP contribution in [0.3, 0.4) is 0 Å². The smallest absolute Gasteiger partial charge is 0.220 e. The molecule has 0 saturated heterocycles. The number of nitrogens with one attached hydrogen (secondary N) is 2. The number of anilines is 1. The van der Waals surface area contributed by atoms with Gasteiger partial charge < -0.3 is 30.6 Å². The van der Waals surface area contributed by atoms with Crippen molar-refractivity contribution in [2.75, 3.05) is 40.2 Å². The van der Waals surface area contributed by atoms with Crippen LogP contribution in [0.15, 0.2) is 60.7 Å². The van der Waals surface area contributed by atoms with Gasteiger partial charge in [-0.1, -0.05) is 30.3 Å². The molecule has 220 valence electrons. The third-order valence-electron chi connectivity index (χ3n) is 7.03. The molecule has 0 aliphatic rings. The number of hydrogen-bond donors (Lipinski definition) is 3. The maximum absolute atomic E-state index is 12.4. The molecule has 0 aliphatic carbocycles. The second-order valence-corrected chi connectivity index (χ2v) is 9.94. The predicted octanol–water partition coefficient (Wildman–Crippen LogP) is 4.66. The molecule has 8 heteroatoms. The van der Waals surface area contributed by atoms with E-state index in [9.17, 15) is 9.59 Å². The second-order valence-electron chi connectivity index (χ2n) is 9.94. The summed E-state index contributed by atoms with van der Waals surface area (Å²) in [5, 5.41) is 5.96. The molecule has 0 spiro atoms. The number of rotatable bonds is 17. The van der Waals surface area contributed by atoms with E-state index in [1.54, 1.807) is 21.3 Å². The van der Waals surface area contributed by atoms with Crippen molar-refractivity contribution in [1.82, 2.24) is 10.6 Å². The first-order valence-electron chi connectivity index (χ1n) is 14.2. The summed E-state index contributed by atoms with van der Waals surface area (Å²) in [7, 11) is 4.95. The quantitative estimate of drug-likeness (QED) is 0.163. The van der Waals surface area contributed by atoms with Crippen molar-refractivity contribution in [1.29, 1.82) is 0 Å². The molecule has 0 bridgehead atoms. The van der Waals surface area contributed by atoms with Crippen LogP contribution in [-0.4, -0.2) is 46.2 Å². The van der Waals surface area contributed by atoms with E-state index in [1.165, 1.54) is 5.56 Å². The normalized spacial score (nSPS) is 10.6. The minimum Gasteiger partial charge on any atom is -0.497 e. The van der Waals surface area contributed by atoms with Gasteiger partial charge in [0.25, 0.3) is 0 Å². The number of nitrogen functional groups attached to an aromatic ring is 1. The predicted molar refractivity (Wildman–Crippen MR) is 163 cm³/mol. The lowest BCUT2D eigenvalue weighted by atomic mass is 9.96. The Hall–Kier alpha value is -4.20. The molecule has 41 heavy (non-hydrogen) atoms. The Bertz CT molecular complexity index is 1260. The zero-order valence-corrected chi connectivity index (χ0v) is 24.5. The maximum Gasteiger partial charge on any atom is 0.220 e. The van der Waals surface area contributed by atoms with E-state index in [0.29, 0.717) is 50.9 Å². The monoisotopic (exact) mass is 561 g/mol. The van der Waals surface area contributed by atoms with E-state index in [0.717, 1.165) is 53.1 Å². The van der Waals surface area contributed by atoms with Crippen molar-refractivity contribution in [3.8, 4) is 17.2 Å². The van der Waals surface area contributed by atoms with Gasteiger partial charge in [-0.05, 0) is 85.5 Å². The highest BCUT2D eigenvalue weighted by atomic mass is 16.5. The van der Waals surface area contributed by atoms with Crippen molar-refractivity contribution in [3.05, 3.63) is 82.9 Å². The van der Waals surface area contributed by atoms with Crippen LogP contribution in [-0.2, 0) is 35.3 Å². The van der Waals surface area contributed by atoms with Crippen LogP contribution in [0.25, 0.3) is 0 Å². The lowest BCUT2D eigenvalue weighted by Crippen LogP contribution is -2.26. The number of carbonyl (C=O) groups is 2. The highest BCUT2D eigenvalue weighted by Gasteiger charge is 2.15. The summed E-state index contributed by atoms with van der Waals surface area (Å²) >= 11 is 0. The van der Waals surface area contributed by atoms with Crippen molar-refractivity contribution in [2.45, 2.75) is 51.4 Å². The molecule has 3 rings (SSSR count). The van der Waals surface area contributed by atoms with Gasteiger partial charge in [0, 0.05) is 37.2 Å². The second kappa shape index (κ2) is 16.8. The van der Waals surface area contributed by atoms with Crippen molar-refractivity contribution in [2.24, 2.45) is 0 Å². The summed E-state index contributed by atoms with van der Waals surface area (Å²) in [6.45, 7) is 1.10. The average Bonchev–Trinajstić information content (AvgIpc) is 2.99. The molecule has 8 nitrogen and oxygen atoms in total. The molecular formula is C33H43N3O5. The summed E-state index contributed by atoms with van der Waals surface area (Å²) in [6.07, 6.45) is 5.16. The van der Waals surface area contributed by atoms with Crippen LogP contribution in [0.1, 0.15) is 47.9 Å². The Morgan fingerprint density at radius 1 is 0.707 bits per heavy atom. The summed E-state index contributed by atoms with van der Waals surface area (Å²) in [4.78, 5) is 24.5. The number of nitrogens with two attached hydrogens (primary N) is 1. The summed E-state index contributed by atoms with van der Waals surface area (Å²) in [5.41, 5.74) is 10.9. The van der Waals surface area contributed by atoms with Gasteiger partial charge in [-0.15, -0.1) is 0 Å². The zero-order chi connectivity index (χ0) is 29.5. The molecular weight excluding hydrogens is 518 g/mol.